The number of nitrogens with zero attached hydrogens (tertiary/aromatic N) is 3. The molecule has 1 aromatic heterocycles. The topological polar surface area (TPSA) is 85.8 Å². The summed E-state index contributed by atoms with van der Waals surface area (Å²) in [6.45, 7) is 3.60. The van der Waals surface area contributed by atoms with Gasteiger partial charge in [-0.1, -0.05) is 31.2 Å². The zero-order chi connectivity index (χ0) is 19.5. The smallest absolute Gasteiger partial charge is 0.349 e. The van der Waals surface area contributed by atoms with Crippen molar-refractivity contribution in [3.63, 3.8) is 0 Å². The molecule has 10 heteroatoms. The van der Waals surface area contributed by atoms with E-state index in [0.29, 0.717) is 12.8 Å². The zero-order valence-electron chi connectivity index (χ0n) is 14.3. The number of halogens is 4. The Bertz CT molecular complexity index is 783. The van der Waals surface area contributed by atoms with E-state index in [2.05, 4.69) is 15.6 Å². The van der Waals surface area contributed by atoms with Gasteiger partial charge in [0.2, 0.25) is 0 Å². The molecule has 2 rings (SSSR count). The summed E-state index contributed by atoms with van der Waals surface area (Å²) in [7, 11) is 0. The van der Waals surface area contributed by atoms with Crippen LogP contribution in [-0.2, 0) is 6.18 Å². The number of carbonyl (C=O) groups excluding carboxylic acids is 1. The van der Waals surface area contributed by atoms with Crippen molar-refractivity contribution in [3.05, 3.63) is 41.5 Å². The summed E-state index contributed by atoms with van der Waals surface area (Å²) in [6, 6.07) is 4.78. The van der Waals surface area contributed by atoms with E-state index in [1.807, 2.05) is 13.8 Å². The first kappa shape index (κ1) is 19.8. The summed E-state index contributed by atoms with van der Waals surface area (Å²) < 4.78 is 54.6. The molecule has 0 aliphatic carbocycles. The van der Waals surface area contributed by atoms with E-state index in [0.717, 1.165) is 12.1 Å². The number of aromatic nitrogens is 3. The molecule has 2 aromatic rings. The first-order valence-electron chi connectivity index (χ1n) is 7.98. The van der Waals surface area contributed by atoms with Gasteiger partial charge in [-0.25, -0.2) is 9.07 Å². The summed E-state index contributed by atoms with van der Waals surface area (Å²) in [6.07, 6.45) is -3.91. The van der Waals surface area contributed by atoms with Crippen LogP contribution in [0.3, 0.4) is 0 Å². The highest BCUT2D eigenvalue weighted by atomic mass is 19.4. The molecule has 1 heterocycles. The molecule has 0 saturated heterocycles. The Balaban J connectivity index is 2.41. The minimum atomic E-state index is -4.96. The minimum absolute atomic E-state index is 0.0251. The fourth-order valence-corrected chi connectivity index (χ4v) is 2.32. The van der Waals surface area contributed by atoms with Crippen molar-refractivity contribution in [1.82, 2.24) is 20.3 Å². The highest BCUT2D eigenvalue weighted by Crippen LogP contribution is 2.33. The maximum atomic E-state index is 13.9. The van der Waals surface area contributed by atoms with Crippen molar-refractivity contribution in [1.29, 1.82) is 0 Å². The average molecular weight is 373 g/mol. The molecule has 0 aliphatic rings. The number of nitrogens with one attached hydrogen (secondary N) is 1. The first-order chi connectivity index (χ1) is 12.1. The van der Waals surface area contributed by atoms with Gasteiger partial charge < -0.3 is 11.1 Å². The molecule has 6 nitrogen and oxygen atoms in total. The van der Waals surface area contributed by atoms with E-state index in [-0.39, 0.29) is 11.2 Å². The quantitative estimate of drug-likeness (QED) is 0.763. The summed E-state index contributed by atoms with van der Waals surface area (Å²) in [5.74, 6) is -2.00. The van der Waals surface area contributed by atoms with E-state index in [4.69, 9.17) is 5.73 Å². The van der Waals surface area contributed by atoms with Crippen molar-refractivity contribution >= 4 is 5.91 Å². The Morgan fingerprint density at radius 3 is 2.38 bits per heavy atom. The number of hydrogen-bond acceptors (Lipinski definition) is 4. The number of para-hydroxylation sites is 1. The standard InChI is InChI=1S/C16H19F4N5O/c1-3-15(21,4-2)9-22-14(26)12-13(16(18,19)20)25(24-23-12)11-8-6-5-7-10(11)17/h5-8H,3-4,9,21H2,1-2H3,(H,22,26). The van der Waals surface area contributed by atoms with E-state index in [9.17, 15) is 22.4 Å². The van der Waals surface area contributed by atoms with Gasteiger partial charge in [0.25, 0.3) is 5.91 Å². The Labute approximate surface area is 147 Å². The van der Waals surface area contributed by atoms with Crippen LogP contribution >= 0.6 is 0 Å². The van der Waals surface area contributed by atoms with Gasteiger partial charge in [-0.2, -0.15) is 13.2 Å². The first-order valence-corrected chi connectivity index (χ1v) is 7.98. The van der Waals surface area contributed by atoms with Crippen molar-refractivity contribution < 1.29 is 22.4 Å². The summed E-state index contributed by atoms with van der Waals surface area (Å²) in [5.41, 5.74) is 2.45. The van der Waals surface area contributed by atoms with Crippen molar-refractivity contribution in [3.8, 4) is 5.69 Å². The number of alkyl halides is 3. The molecule has 0 unspecified atom stereocenters. The van der Waals surface area contributed by atoms with Crippen LogP contribution in [0.25, 0.3) is 5.69 Å². The molecule has 1 aromatic carbocycles. The second-order valence-electron chi connectivity index (χ2n) is 5.90. The number of amides is 1. The molecule has 26 heavy (non-hydrogen) atoms. The second-order valence-corrected chi connectivity index (χ2v) is 5.90. The highest BCUT2D eigenvalue weighted by molar-refractivity contribution is 5.93. The van der Waals surface area contributed by atoms with Crippen LogP contribution in [0, 0.1) is 5.82 Å². The number of nitrogens with two attached hydrogens (primary N) is 1. The van der Waals surface area contributed by atoms with Gasteiger partial charge in [-0.05, 0) is 25.0 Å². The van der Waals surface area contributed by atoms with Crippen LogP contribution in [0.1, 0.15) is 42.9 Å². The van der Waals surface area contributed by atoms with Crippen LogP contribution in [0.5, 0.6) is 0 Å². The van der Waals surface area contributed by atoms with Gasteiger partial charge in [-0.15, -0.1) is 5.10 Å². The lowest BCUT2D eigenvalue weighted by Gasteiger charge is -2.26. The number of rotatable bonds is 6. The molecular formula is C16H19F4N5O. The van der Waals surface area contributed by atoms with Gasteiger partial charge in [0.05, 0.1) is 0 Å². The fraction of sp³-hybridized carbons (Fsp3) is 0.438. The van der Waals surface area contributed by atoms with E-state index >= 15 is 0 Å². The van der Waals surface area contributed by atoms with Gasteiger partial charge in [0.15, 0.2) is 11.4 Å². The fourth-order valence-electron chi connectivity index (χ4n) is 2.32. The number of carbonyl (C=O) groups is 1. The van der Waals surface area contributed by atoms with E-state index in [1.165, 1.54) is 12.1 Å². The summed E-state index contributed by atoms with van der Waals surface area (Å²) in [5, 5.41) is 9.02. The lowest BCUT2D eigenvalue weighted by molar-refractivity contribution is -0.143. The van der Waals surface area contributed by atoms with Gasteiger partial charge >= 0.3 is 6.18 Å². The lowest BCUT2D eigenvalue weighted by Crippen LogP contribution is -2.49. The van der Waals surface area contributed by atoms with Crippen LogP contribution in [0.15, 0.2) is 24.3 Å². The monoisotopic (exact) mass is 373 g/mol. The van der Waals surface area contributed by atoms with Gasteiger partial charge in [-0.3, -0.25) is 4.79 Å². The van der Waals surface area contributed by atoms with Gasteiger partial charge in [0.1, 0.15) is 11.5 Å². The third kappa shape index (κ3) is 4.01. The van der Waals surface area contributed by atoms with E-state index in [1.54, 1.807) is 0 Å². The molecular weight excluding hydrogens is 354 g/mol. The predicted molar refractivity (Wildman–Crippen MR) is 86.2 cm³/mol. The number of hydrogen-bond donors (Lipinski definition) is 2. The second kappa shape index (κ2) is 7.40. The average Bonchev–Trinajstić information content (AvgIpc) is 3.05. The Kier molecular flexibility index (Phi) is 5.65. The maximum Gasteiger partial charge on any atom is 0.435 e. The molecule has 1 amide bonds. The van der Waals surface area contributed by atoms with Gasteiger partial charge in [0, 0.05) is 12.1 Å². The molecule has 0 radical (unpaired) electrons. The minimum Gasteiger partial charge on any atom is -0.349 e. The van der Waals surface area contributed by atoms with E-state index < -0.39 is 40.5 Å². The molecule has 3 N–H and O–H groups in total. The third-order valence-electron chi connectivity index (χ3n) is 4.24. The predicted octanol–water partition coefficient (Wildman–Crippen LogP) is 2.67. The molecule has 0 saturated carbocycles. The third-order valence-corrected chi connectivity index (χ3v) is 4.24. The molecule has 0 fully saturated rings. The van der Waals surface area contributed by atoms with Crippen LogP contribution in [-0.4, -0.2) is 33.0 Å². The Morgan fingerprint density at radius 1 is 1.23 bits per heavy atom. The highest BCUT2D eigenvalue weighted by Gasteiger charge is 2.42. The molecule has 142 valence electrons. The number of benzene rings is 1. The molecule has 0 atom stereocenters. The normalized spacial score (nSPS) is 12.3. The lowest BCUT2D eigenvalue weighted by atomic mass is 9.94. The summed E-state index contributed by atoms with van der Waals surface area (Å²) >= 11 is 0. The molecule has 0 spiro atoms. The summed E-state index contributed by atoms with van der Waals surface area (Å²) in [4.78, 5) is 12.2. The Morgan fingerprint density at radius 2 is 1.85 bits per heavy atom. The van der Waals surface area contributed by atoms with Crippen LogP contribution in [0.4, 0.5) is 17.6 Å². The zero-order valence-corrected chi connectivity index (χ0v) is 14.3. The Hall–Kier alpha value is -2.49. The maximum absolute atomic E-state index is 13.9. The van der Waals surface area contributed by atoms with Crippen molar-refractivity contribution in [2.45, 2.75) is 38.4 Å². The largest absolute Gasteiger partial charge is 0.435 e. The van der Waals surface area contributed by atoms with Crippen molar-refractivity contribution in [2.75, 3.05) is 6.54 Å². The van der Waals surface area contributed by atoms with Crippen molar-refractivity contribution in [2.24, 2.45) is 5.73 Å². The van der Waals surface area contributed by atoms with Crippen LogP contribution < -0.4 is 11.1 Å². The molecule has 0 bridgehead atoms. The molecule has 0 aliphatic heterocycles. The SMILES string of the molecule is CCC(N)(CC)CNC(=O)c1nnn(-c2ccccc2F)c1C(F)(F)F. The van der Waals surface area contributed by atoms with Crippen LogP contribution in [0.2, 0.25) is 0 Å².